The van der Waals surface area contributed by atoms with E-state index in [1.165, 1.54) is 13.2 Å². The number of halogens is 1. The molecule has 1 aromatic rings. The summed E-state index contributed by atoms with van der Waals surface area (Å²) in [6, 6.07) is 2.15. The predicted molar refractivity (Wildman–Crippen MR) is 63.9 cm³/mol. The van der Waals surface area contributed by atoms with Crippen molar-refractivity contribution in [2.45, 2.75) is 29.8 Å². The van der Waals surface area contributed by atoms with Gasteiger partial charge in [-0.3, -0.25) is 0 Å². The van der Waals surface area contributed by atoms with Crippen LogP contribution in [0.3, 0.4) is 0 Å². The minimum Gasteiger partial charge on any atom is -0.495 e. The summed E-state index contributed by atoms with van der Waals surface area (Å²) in [6.45, 7) is 0. The molecule has 0 saturated heterocycles. The van der Waals surface area contributed by atoms with Gasteiger partial charge in [0.15, 0.2) is 9.84 Å². The standard InChI is InChI=1S/C12H15FO4S/c1-17-11-8(7-12(14)3-4-12)5-9(13)6-10(11)18(2,15)16/h5-6,14H,3-4,7H2,1-2H3. The lowest BCUT2D eigenvalue weighted by Gasteiger charge is -2.15. The summed E-state index contributed by atoms with van der Waals surface area (Å²) in [7, 11) is -2.24. The van der Waals surface area contributed by atoms with Crippen LogP contribution < -0.4 is 4.74 Å². The Bertz CT molecular complexity index is 576. The molecule has 100 valence electrons. The molecule has 1 aliphatic rings. The van der Waals surface area contributed by atoms with Crippen LogP contribution in [0.5, 0.6) is 5.75 Å². The Balaban J connectivity index is 2.54. The normalized spacial score (nSPS) is 17.6. The molecule has 0 atom stereocenters. The summed E-state index contributed by atoms with van der Waals surface area (Å²) >= 11 is 0. The highest BCUT2D eigenvalue weighted by Gasteiger charge is 2.41. The zero-order chi connectivity index (χ0) is 13.6. The van der Waals surface area contributed by atoms with Crippen molar-refractivity contribution in [1.29, 1.82) is 0 Å². The molecular formula is C12H15FO4S. The van der Waals surface area contributed by atoms with Crippen molar-refractivity contribution >= 4 is 9.84 Å². The lowest BCUT2D eigenvalue weighted by molar-refractivity contribution is 0.149. The Morgan fingerprint density at radius 3 is 2.50 bits per heavy atom. The Kier molecular flexibility index (Phi) is 3.11. The van der Waals surface area contributed by atoms with Crippen LogP contribution in [0.4, 0.5) is 4.39 Å². The average Bonchev–Trinajstić information content (AvgIpc) is 2.94. The largest absolute Gasteiger partial charge is 0.495 e. The molecule has 0 heterocycles. The van der Waals surface area contributed by atoms with E-state index in [-0.39, 0.29) is 17.1 Å². The number of sulfone groups is 1. The lowest BCUT2D eigenvalue weighted by Crippen LogP contribution is -2.13. The van der Waals surface area contributed by atoms with Gasteiger partial charge in [-0.05, 0) is 25.0 Å². The molecule has 0 radical (unpaired) electrons. The van der Waals surface area contributed by atoms with E-state index in [4.69, 9.17) is 4.74 Å². The van der Waals surface area contributed by atoms with E-state index in [0.717, 1.165) is 12.3 Å². The zero-order valence-electron chi connectivity index (χ0n) is 10.2. The highest BCUT2D eigenvalue weighted by atomic mass is 32.2. The molecular weight excluding hydrogens is 259 g/mol. The monoisotopic (exact) mass is 274 g/mol. The minimum atomic E-state index is -3.57. The van der Waals surface area contributed by atoms with Crippen LogP contribution in [-0.2, 0) is 16.3 Å². The number of methoxy groups -OCH3 is 1. The molecule has 1 fully saturated rings. The van der Waals surface area contributed by atoms with Gasteiger partial charge in [0.25, 0.3) is 0 Å². The molecule has 1 aliphatic carbocycles. The fraction of sp³-hybridized carbons (Fsp3) is 0.500. The van der Waals surface area contributed by atoms with Gasteiger partial charge in [0, 0.05) is 18.2 Å². The Hall–Kier alpha value is -1.14. The number of ether oxygens (including phenoxy) is 1. The fourth-order valence-electron chi connectivity index (χ4n) is 1.94. The van der Waals surface area contributed by atoms with E-state index >= 15 is 0 Å². The quantitative estimate of drug-likeness (QED) is 0.899. The maximum atomic E-state index is 13.5. The van der Waals surface area contributed by atoms with Crippen LogP contribution in [0.25, 0.3) is 0 Å². The van der Waals surface area contributed by atoms with Gasteiger partial charge in [-0.25, -0.2) is 12.8 Å². The van der Waals surface area contributed by atoms with E-state index in [1.807, 2.05) is 0 Å². The van der Waals surface area contributed by atoms with Gasteiger partial charge in [-0.2, -0.15) is 0 Å². The fourth-order valence-corrected chi connectivity index (χ4v) is 2.81. The second-order valence-corrected chi connectivity index (χ2v) is 6.75. The number of hydrogen-bond acceptors (Lipinski definition) is 4. The second kappa shape index (κ2) is 4.20. The van der Waals surface area contributed by atoms with Crippen molar-refractivity contribution in [2.24, 2.45) is 0 Å². The molecule has 0 amide bonds. The Morgan fingerprint density at radius 1 is 1.44 bits per heavy atom. The van der Waals surface area contributed by atoms with Crippen LogP contribution in [-0.4, -0.2) is 32.5 Å². The maximum Gasteiger partial charge on any atom is 0.179 e. The van der Waals surface area contributed by atoms with Crippen LogP contribution >= 0.6 is 0 Å². The van der Waals surface area contributed by atoms with Crippen molar-refractivity contribution in [3.63, 3.8) is 0 Å². The number of rotatable bonds is 4. The molecule has 0 unspecified atom stereocenters. The van der Waals surface area contributed by atoms with Gasteiger partial charge in [-0.15, -0.1) is 0 Å². The molecule has 0 aromatic heterocycles. The first kappa shape index (κ1) is 13.3. The third kappa shape index (κ3) is 2.64. The van der Waals surface area contributed by atoms with Gasteiger partial charge in [0.1, 0.15) is 16.5 Å². The van der Waals surface area contributed by atoms with Crippen LogP contribution in [0.2, 0.25) is 0 Å². The summed E-state index contributed by atoms with van der Waals surface area (Å²) in [5, 5.41) is 9.86. The van der Waals surface area contributed by atoms with Crippen molar-refractivity contribution in [3.8, 4) is 5.75 Å². The number of benzene rings is 1. The highest BCUT2D eigenvalue weighted by molar-refractivity contribution is 7.90. The predicted octanol–water partition coefficient (Wildman–Crippen LogP) is 1.31. The van der Waals surface area contributed by atoms with E-state index in [9.17, 15) is 17.9 Å². The topological polar surface area (TPSA) is 63.6 Å². The summed E-state index contributed by atoms with van der Waals surface area (Å²) < 4.78 is 41.7. The first-order valence-electron chi connectivity index (χ1n) is 5.54. The lowest BCUT2D eigenvalue weighted by atomic mass is 10.1. The molecule has 1 aromatic carbocycles. The minimum absolute atomic E-state index is 0.124. The molecule has 0 spiro atoms. The average molecular weight is 274 g/mol. The number of aliphatic hydroxyl groups is 1. The molecule has 1 N–H and O–H groups in total. The molecule has 2 rings (SSSR count). The molecule has 6 heteroatoms. The number of hydrogen-bond donors (Lipinski definition) is 1. The van der Waals surface area contributed by atoms with Gasteiger partial charge in [-0.1, -0.05) is 0 Å². The summed E-state index contributed by atoms with van der Waals surface area (Å²) in [5.41, 5.74) is -0.450. The summed E-state index contributed by atoms with van der Waals surface area (Å²) in [5.74, 6) is -0.519. The first-order valence-corrected chi connectivity index (χ1v) is 7.43. The smallest absolute Gasteiger partial charge is 0.179 e. The van der Waals surface area contributed by atoms with E-state index in [2.05, 4.69) is 0 Å². The van der Waals surface area contributed by atoms with E-state index in [1.54, 1.807) is 0 Å². The van der Waals surface area contributed by atoms with E-state index in [0.29, 0.717) is 18.4 Å². The maximum absolute atomic E-state index is 13.5. The van der Waals surface area contributed by atoms with Crippen molar-refractivity contribution < 1.29 is 22.7 Å². The molecule has 4 nitrogen and oxygen atoms in total. The Morgan fingerprint density at radius 2 is 2.06 bits per heavy atom. The van der Waals surface area contributed by atoms with E-state index < -0.39 is 21.3 Å². The Labute approximate surface area is 105 Å². The van der Waals surface area contributed by atoms with Gasteiger partial charge in [0.2, 0.25) is 0 Å². The van der Waals surface area contributed by atoms with Gasteiger partial charge >= 0.3 is 0 Å². The zero-order valence-corrected chi connectivity index (χ0v) is 11.1. The van der Waals surface area contributed by atoms with Crippen molar-refractivity contribution in [2.75, 3.05) is 13.4 Å². The molecule has 0 aliphatic heterocycles. The second-order valence-electron chi connectivity index (χ2n) is 4.77. The molecule has 1 saturated carbocycles. The van der Waals surface area contributed by atoms with Gasteiger partial charge < -0.3 is 9.84 Å². The van der Waals surface area contributed by atoms with Gasteiger partial charge in [0.05, 0.1) is 12.7 Å². The van der Waals surface area contributed by atoms with Crippen molar-refractivity contribution in [1.82, 2.24) is 0 Å². The summed E-state index contributed by atoms with van der Waals surface area (Å²) in [4.78, 5) is -0.177. The third-order valence-corrected chi connectivity index (χ3v) is 4.15. The molecule has 18 heavy (non-hydrogen) atoms. The first-order chi connectivity index (χ1) is 8.25. The van der Waals surface area contributed by atoms with Crippen LogP contribution in [0.1, 0.15) is 18.4 Å². The molecule has 0 bridgehead atoms. The van der Waals surface area contributed by atoms with Crippen molar-refractivity contribution in [3.05, 3.63) is 23.5 Å². The van der Waals surface area contributed by atoms with Crippen LogP contribution in [0.15, 0.2) is 17.0 Å². The third-order valence-electron chi connectivity index (χ3n) is 3.05. The highest BCUT2D eigenvalue weighted by Crippen LogP contribution is 2.41. The SMILES string of the molecule is COc1c(CC2(O)CC2)cc(F)cc1S(C)(=O)=O. The van der Waals surface area contributed by atoms with Crippen LogP contribution in [0, 0.1) is 5.82 Å². The summed E-state index contributed by atoms with van der Waals surface area (Å²) in [6.07, 6.45) is 2.48.